The number of carbonyl (C=O) groups is 3. The lowest BCUT2D eigenvalue weighted by atomic mass is 10.1. The van der Waals surface area contributed by atoms with Gasteiger partial charge < -0.3 is 20.1 Å². The quantitative estimate of drug-likeness (QED) is 0.741. The van der Waals surface area contributed by atoms with Crippen LogP contribution in [0.4, 0.5) is 11.4 Å². The van der Waals surface area contributed by atoms with E-state index in [9.17, 15) is 14.4 Å². The SMILES string of the molecule is CCOC(=O)c1ccccc1NC(=O)CNc1ccccc1C(=O)OC. The Hall–Kier alpha value is -3.35. The summed E-state index contributed by atoms with van der Waals surface area (Å²) in [5, 5.41) is 5.56. The van der Waals surface area contributed by atoms with Gasteiger partial charge in [-0.25, -0.2) is 9.59 Å². The smallest absolute Gasteiger partial charge is 0.340 e. The van der Waals surface area contributed by atoms with Crippen molar-refractivity contribution in [2.75, 3.05) is 30.9 Å². The predicted octanol–water partition coefficient (Wildman–Crippen LogP) is 2.70. The molecule has 1 amide bonds. The lowest BCUT2D eigenvalue weighted by molar-refractivity contribution is -0.114. The number of amides is 1. The summed E-state index contributed by atoms with van der Waals surface area (Å²) in [5.74, 6) is -1.38. The van der Waals surface area contributed by atoms with Crippen LogP contribution in [0.5, 0.6) is 0 Å². The van der Waals surface area contributed by atoms with Crippen molar-refractivity contribution in [2.24, 2.45) is 0 Å². The zero-order valence-electron chi connectivity index (χ0n) is 14.6. The van der Waals surface area contributed by atoms with Crippen molar-refractivity contribution in [3.8, 4) is 0 Å². The molecule has 0 radical (unpaired) electrons. The van der Waals surface area contributed by atoms with Gasteiger partial charge in [-0.05, 0) is 31.2 Å². The molecule has 2 aromatic carbocycles. The van der Waals surface area contributed by atoms with Gasteiger partial charge in [-0.15, -0.1) is 0 Å². The normalized spacial score (nSPS) is 9.92. The fraction of sp³-hybridized carbons (Fsp3) is 0.211. The Morgan fingerprint density at radius 1 is 0.885 bits per heavy atom. The summed E-state index contributed by atoms with van der Waals surface area (Å²) < 4.78 is 9.69. The van der Waals surface area contributed by atoms with E-state index in [0.29, 0.717) is 16.9 Å². The number of carbonyl (C=O) groups excluding carboxylic acids is 3. The van der Waals surface area contributed by atoms with E-state index in [2.05, 4.69) is 10.6 Å². The second-order valence-electron chi connectivity index (χ2n) is 5.20. The highest BCUT2D eigenvalue weighted by Crippen LogP contribution is 2.18. The highest BCUT2D eigenvalue weighted by atomic mass is 16.5. The highest BCUT2D eigenvalue weighted by molar-refractivity contribution is 6.03. The van der Waals surface area contributed by atoms with E-state index in [4.69, 9.17) is 9.47 Å². The number of nitrogens with one attached hydrogen (secondary N) is 2. The van der Waals surface area contributed by atoms with Crippen molar-refractivity contribution in [1.82, 2.24) is 0 Å². The third-order valence-electron chi connectivity index (χ3n) is 3.47. The molecule has 136 valence electrons. The van der Waals surface area contributed by atoms with Gasteiger partial charge in [0.1, 0.15) is 0 Å². The number of anilines is 2. The molecule has 2 aromatic rings. The minimum atomic E-state index is -0.507. The first-order valence-corrected chi connectivity index (χ1v) is 8.04. The summed E-state index contributed by atoms with van der Waals surface area (Å²) in [6.45, 7) is 1.86. The maximum Gasteiger partial charge on any atom is 0.340 e. The molecule has 0 fully saturated rings. The Labute approximate surface area is 151 Å². The van der Waals surface area contributed by atoms with Gasteiger partial charge in [-0.2, -0.15) is 0 Å². The van der Waals surface area contributed by atoms with E-state index in [-0.39, 0.29) is 24.6 Å². The Bertz CT molecular complexity index is 804. The number of hydrogen-bond acceptors (Lipinski definition) is 6. The van der Waals surface area contributed by atoms with Gasteiger partial charge in [0.05, 0.1) is 37.1 Å². The van der Waals surface area contributed by atoms with Crippen molar-refractivity contribution in [3.05, 3.63) is 59.7 Å². The average Bonchev–Trinajstić information content (AvgIpc) is 2.66. The summed E-state index contributed by atoms with van der Waals surface area (Å²) in [6.07, 6.45) is 0. The van der Waals surface area contributed by atoms with Gasteiger partial charge in [0.25, 0.3) is 0 Å². The zero-order chi connectivity index (χ0) is 18.9. The number of esters is 2. The van der Waals surface area contributed by atoms with E-state index in [1.54, 1.807) is 55.5 Å². The molecule has 0 aliphatic rings. The van der Waals surface area contributed by atoms with Crippen LogP contribution in [0.15, 0.2) is 48.5 Å². The van der Waals surface area contributed by atoms with Crippen molar-refractivity contribution < 1.29 is 23.9 Å². The van der Waals surface area contributed by atoms with Crippen molar-refractivity contribution in [1.29, 1.82) is 0 Å². The van der Waals surface area contributed by atoms with Crippen LogP contribution >= 0.6 is 0 Å². The van der Waals surface area contributed by atoms with E-state index in [1.807, 2.05) is 0 Å². The lowest BCUT2D eigenvalue weighted by Crippen LogP contribution is -2.24. The van der Waals surface area contributed by atoms with Crippen LogP contribution in [-0.2, 0) is 14.3 Å². The standard InChI is InChI=1S/C19H20N2O5/c1-3-26-19(24)14-9-5-7-11-16(14)21-17(22)12-20-15-10-6-4-8-13(15)18(23)25-2/h4-11,20H,3,12H2,1-2H3,(H,21,22). The van der Waals surface area contributed by atoms with Crippen molar-refractivity contribution in [2.45, 2.75) is 6.92 Å². The molecule has 0 saturated carbocycles. The molecule has 0 spiro atoms. The predicted molar refractivity (Wildman–Crippen MR) is 97.3 cm³/mol. The molecule has 26 heavy (non-hydrogen) atoms. The molecule has 0 atom stereocenters. The van der Waals surface area contributed by atoms with Gasteiger partial charge in [-0.1, -0.05) is 24.3 Å². The largest absolute Gasteiger partial charge is 0.465 e. The first-order valence-electron chi connectivity index (χ1n) is 8.04. The second kappa shape index (κ2) is 9.22. The fourth-order valence-electron chi connectivity index (χ4n) is 2.27. The van der Waals surface area contributed by atoms with Crippen molar-refractivity contribution >= 4 is 29.2 Å². The Balaban J connectivity index is 2.05. The molecule has 0 aromatic heterocycles. The molecule has 7 heteroatoms. The molecular weight excluding hydrogens is 336 g/mol. The van der Waals surface area contributed by atoms with Gasteiger partial charge >= 0.3 is 11.9 Å². The summed E-state index contributed by atoms with van der Waals surface area (Å²) in [6, 6.07) is 13.3. The van der Waals surface area contributed by atoms with Crippen LogP contribution in [0.2, 0.25) is 0 Å². The minimum Gasteiger partial charge on any atom is -0.465 e. The maximum absolute atomic E-state index is 12.2. The van der Waals surface area contributed by atoms with Crippen LogP contribution < -0.4 is 10.6 Å². The summed E-state index contributed by atoms with van der Waals surface area (Å²) >= 11 is 0. The second-order valence-corrected chi connectivity index (χ2v) is 5.20. The van der Waals surface area contributed by atoms with Crippen LogP contribution in [0.1, 0.15) is 27.6 Å². The highest BCUT2D eigenvalue weighted by Gasteiger charge is 2.15. The first kappa shape index (κ1) is 19.0. The average molecular weight is 356 g/mol. The fourth-order valence-corrected chi connectivity index (χ4v) is 2.27. The van der Waals surface area contributed by atoms with Crippen LogP contribution in [0, 0.1) is 0 Å². The molecule has 2 rings (SSSR count). The first-order chi connectivity index (χ1) is 12.6. The van der Waals surface area contributed by atoms with E-state index < -0.39 is 11.9 Å². The molecule has 0 saturated heterocycles. The van der Waals surface area contributed by atoms with E-state index in [1.165, 1.54) is 7.11 Å². The van der Waals surface area contributed by atoms with Crippen LogP contribution in [-0.4, -0.2) is 38.1 Å². The molecule has 0 heterocycles. The summed E-state index contributed by atoms with van der Waals surface area (Å²) in [7, 11) is 1.29. The molecule has 0 unspecified atom stereocenters. The topological polar surface area (TPSA) is 93.7 Å². The number of methoxy groups -OCH3 is 1. The summed E-state index contributed by atoms with van der Waals surface area (Å²) in [5.41, 5.74) is 1.44. The third-order valence-corrected chi connectivity index (χ3v) is 3.47. The molecule has 0 aliphatic heterocycles. The molecule has 2 N–H and O–H groups in total. The molecular formula is C19H20N2O5. The monoisotopic (exact) mass is 356 g/mol. The maximum atomic E-state index is 12.2. The van der Waals surface area contributed by atoms with E-state index >= 15 is 0 Å². The Morgan fingerprint density at radius 2 is 1.46 bits per heavy atom. The molecule has 0 aliphatic carbocycles. The third kappa shape index (κ3) is 4.83. The Morgan fingerprint density at radius 3 is 2.08 bits per heavy atom. The van der Waals surface area contributed by atoms with Gasteiger partial charge in [0.15, 0.2) is 0 Å². The number of rotatable bonds is 7. The van der Waals surface area contributed by atoms with Crippen LogP contribution in [0.25, 0.3) is 0 Å². The zero-order valence-corrected chi connectivity index (χ0v) is 14.6. The van der Waals surface area contributed by atoms with Gasteiger partial charge in [0.2, 0.25) is 5.91 Å². The number of hydrogen-bond donors (Lipinski definition) is 2. The van der Waals surface area contributed by atoms with Crippen molar-refractivity contribution in [3.63, 3.8) is 0 Å². The number of benzene rings is 2. The molecule has 7 nitrogen and oxygen atoms in total. The van der Waals surface area contributed by atoms with E-state index in [0.717, 1.165) is 0 Å². The van der Waals surface area contributed by atoms with Gasteiger partial charge in [0, 0.05) is 5.69 Å². The minimum absolute atomic E-state index is 0.0921. The Kier molecular flexibility index (Phi) is 6.73. The number of ether oxygens (including phenoxy) is 2. The van der Waals surface area contributed by atoms with Crippen LogP contribution in [0.3, 0.4) is 0 Å². The number of para-hydroxylation sites is 2. The molecule has 0 bridgehead atoms. The lowest BCUT2D eigenvalue weighted by Gasteiger charge is -2.12. The summed E-state index contributed by atoms with van der Waals surface area (Å²) in [4.78, 5) is 35.9. The van der Waals surface area contributed by atoms with Gasteiger partial charge in [-0.3, -0.25) is 4.79 Å².